The predicted octanol–water partition coefficient (Wildman–Crippen LogP) is 2.57. The highest BCUT2D eigenvalue weighted by atomic mass is 35.5. The van der Waals surface area contributed by atoms with Gasteiger partial charge in [-0.05, 0) is 23.8 Å². The second-order valence-electron chi connectivity index (χ2n) is 5.41. The van der Waals surface area contributed by atoms with E-state index in [-0.39, 0.29) is 34.4 Å². The lowest BCUT2D eigenvalue weighted by molar-refractivity contribution is -0.384. The van der Waals surface area contributed by atoms with Gasteiger partial charge in [0, 0.05) is 17.7 Å². The van der Waals surface area contributed by atoms with E-state index >= 15 is 0 Å². The molecule has 0 saturated heterocycles. The summed E-state index contributed by atoms with van der Waals surface area (Å²) in [5, 5.41) is 14.7. The Labute approximate surface area is 170 Å². The Morgan fingerprint density at radius 2 is 2.03 bits per heavy atom. The molecule has 0 saturated carbocycles. The second kappa shape index (κ2) is 10.0. The minimum Gasteiger partial charge on any atom is -0.493 e. The molecule has 0 fully saturated rings. The molecule has 0 unspecified atom stereocenters. The molecule has 0 aliphatic carbocycles. The number of ether oxygens (including phenoxy) is 3. The van der Waals surface area contributed by atoms with Gasteiger partial charge in [-0.3, -0.25) is 14.9 Å². The van der Waals surface area contributed by atoms with E-state index in [2.05, 4.69) is 15.3 Å². The van der Waals surface area contributed by atoms with Crippen molar-refractivity contribution in [2.45, 2.75) is 0 Å². The number of halogens is 1. The molecule has 0 aliphatic heterocycles. The molecule has 10 nitrogen and oxygen atoms in total. The number of non-ortho nitro benzene ring substituents is 1. The summed E-state index contributed by atoms with van der Waals surface area (Å²) < 4.78 is 15.0. The lowest BCUT2D eigenvalue weighted by Crippen LogP contribution is -2.17. The van der Waals surface area contributed by atoms with Crippen molar-refractivity contribution in [3.63, 3.8) is 0 Å². The number of nitro benzene ring substituents is 1. The average Bonchev–Trinajstić information content (AvgIpc) is 2.72. The lowest BCUT2D eigenvalue weighted by atomic mass is 10.2. The molecule has 1 N–H and O–H groups in total. The van der Waals surface area contributed by atoms with Crippen LogP contribution in [0.2, 0.25) is 5.02 Å². The monoisotopic (exact) mass is 421 g/mol. The predicted molar refractivity (Wildman–Crippen MR) is 104 cm³/mol. The quantitative estimate of drug-likeness (QED) is 0.300. The van der Waals surface area contributed by atoms with Crippen LogP contribution in [0.15, 0.2) is 41.5 Å². The Kier molecular flexibility index (Phi) is 7.49. The molecular weight excluding hydrogens is 406 g/mol. The Morgan fingerprint density at radius 3 is 2.69 bits per heavy atom. The number of rotatable bonds is 8. The number of benzene rings is 2. The fraction of sp³-hybridized carbons (Fsp3) is 0.167. The van der Waals surface area contributed by atoms with Crippen LogP contribution >= 0.6 is 11.6 Å². The van der Waals surface area contributed by atoms with Crippen molar-refractivity contribution in [1.82, 2.24) is 5.43 Å². The maximum Gasteiger partial charge on any atom is 0.343 e. The first-order valence-electron chi connectivity index (χ1n) is 8.00. The van der Waals surface area contributed by atoms with Crippen LogP contribution in [0.5, 0.6) is 11.5 Å². The van der Waals surface area contributed by atoms with Crippen LogP contribution in [0.3, 0.4) is 0 Å². The summed E-state index contributed by atoms with van der Waals surface area (Å²) in [6.45, 7) is -0.348. The molecule has 0 radical (unpaired) electrons. The zero-order chi connectivity index (χ0) is 21.4. The molecule has 0 aromatic heterocycles. The van der Waals surface area contributed by atoms with Gasteiger partial charge < -0.3 is 14.2 Å². The number of nitrogens with zero attached hydrogens (tertiary/aromatic N) is 2. The summed E-state index contributed by atoms with van der Waals surface area (Å²) in [4.78, 5) is 33.5. The van der Waals surface area contributed by atoms with Gasteiger partial charge in [-0.1, -0.05) is 17.7 Å². The number of amides is 1. The normalized spacial score (nSPS) is 10.4. The molecule has 1 amide bonds. The molecule has 0 aliphatic rings. The second-order valence-corrected chi connectivity index (χ2v) is 5.81. The molecule has 2 rings (SSSR count). The molecule has 0 spiro atoms. The molecule has 0 heterocycles. The van der Waals surface area contributed by atoms with Gasteiger partial charge >= 0.3 is 5.97 Å². The summed E-state index contributed by atoms with van der Waals surface area (Å²) in [5.74, 6) is -0.816. The van der Waals surface area contributed by atoms with Gasteiger partial charge in [0.1, 0.15) is 0 Å². The van der Waals surface area contributed by atoms with E-state index in [0.29, 0.717) is 5.56 Å². The third-order valence-corrected chi connectivity index (χ3v) is 3.79. The van der Waals surface area contributed by atoms with Crippen LogP contribution in [0.1, 0.15) is 15.9 Å². The minimum absolute atomic E-state index is 0.0820. The molecule has 11 heteroatoms. The Morgan fingerprint density at radius 1 is 1.28 bits per heavy atom. The maximum atomic E-state index is 12.1. The fourth-order valence-corrected chi connectivity index (χ4v) is 2.41. The van der Waals surface area contributed by atoms with Crippen molar-refractivity contribution in [3.05, 3.63) is 62.7 Å². The average molecular weight is 422 g/mol. The van der Waals surface area contributed by atoms with Crippen molar-refractivity contribution in [2.75, 3.05) is 20.8 Å². The van der Waals surface area contributed by atoms with E-state index in [1.165, 1.54) is 50.8 Å². The highest BCUT2D eigenvalue weighted by Gasteiger charge is 2.14. The van der Waals surface area contributed by atoms with Gasteiger partial charge in [0.15, 0.2) is 18.1 Å². The standard InChI is InChI=1S/C18H16ClN3O7/c1-27-15-7-11(6-14(19)17(15)29-10-16(23)28-2)9-20-21-18(24)12-4-3-5-13(8-12)22(25)26/h3-9H,10H2,1-2H3,(H,21,24)/b20-9+. The van der Waals surface area contributed by atoms with Gasteiger partial charge in [0.05, 0.1) is 30.4 Å². The SMILES string of the molecule is COC(=O)COc1c(Cl)cc(/C=N/NC(=O)c2cccc([N+](=O)[O-])c2)cc1OC. The number of nitrogens with one attached hydrogen (secondary N) is 1. The zero-order valence-corrected chi connectivity index (χ0v) is 16.1. The maximum absolute atomic E-state index is 12.1. The van der Waals surface area contributed by atoms with E-state index in [0.717, 1.165) is 6.07 Å². The van der Waals surface area contributed by atoms with Crippen LogP contribution in [0.4, 0.5) is 5.69 Å². The van der Waals surface area contributed by atoms with E-state index < -0.39 is 16.8 Å². The third-order valence-electron chi connectivity index (χ3n) is 3.51. The van der Waals surface area contributed by atoms with Gasteiger partial charge in [0.25, 0.3) is 11.6 Å². The van der Waals surface area contributed by atoms with Crippen LogP contribution in [0.25, 0.3) is 0 Å². The van der Waals surface area contributed by atoms with Crippen molar-refractivity contribution in [1.29, 1.82) is 0 Å². The number of esters is 1. The van der Waals surface area contributed by atoms with Crippen LogP contribution in [-0.2, 0) is 9.53 Å². The first kappa shape index (κ1) is 21.6. The van der Waals surface area contributed by atoms with E-state index in [1.807, 2.05) is 0 Å². The summed E-state index contributed by atoms with van der Waals surface area (Å²) in [6.07, 6.45) is 1.30. The molecule has 0 bridgehead atoms. The Bertz CT molecular complexity index is 962. The van der Waals surface area contributed by atoms with Crippen LogP contribution in [-0.4, -0.2) is 43.8 Å². The number of nitro groups is 1. The zero-order valence-electron chi connectivity index (χ0n) is 15.4. The number of hydrogen-bond acceptors (Lipinski definition) is 8. The van der Waals surface area contributed by atoms with Crippen molar-refractivity contribution in [2.24, 2.45) is 5.10 Å². The van der Waals surface area contributed by atoms with E-state index in [9.17, 15) is 19.7 Å². The molecule has 2 aromatic rings. The third kappa shape index (κ3) is 5.91. The highest BCUT2D eigenvalue weighted by molar-refractivity contribution is 6.32. The van der Waals surface area contributed by atoms with Gasteiger partial charge in [-0.25, -0.2) is 10.2 Å². The van der Waals surface area contributed by atoms with Crippen molar-refractivity contribution >= 4 is 35.4 Å². The molecule has 2 aromatic carbocycles. The summed E-state index contributed by atoms with van der Waals surface area (Å²) in [5.41, 5.74) is 2.61. The Balaban J connectivity index is 2.11. The smallest absolute Gasteiger partial charge is 0.343 e. The van der Waals surface area contributed by atoms with Gasteiger partial charge in [0.2, 0.25) is 0 Å². The molecule has 0 atom stereocenters. The van der Waals surface area contributed by atoms with Gasteiger partial charge in [-0.15, -0.1) is 0 Å². The summed E-state index contributed by atoms with van der Waals surface area (Å²) in [6, 6.07) is 8.25. The number of methoxy groups -OCH3 is 2. The van der Waals surface area contributed by atoms with Crippen molar-refractivity contribution in [3.8, 4) is 11.5 Å². The van der Waals surface area contributed by atoms with E-state index in [4.69, 9.17) is 21.1 Å². The summed E-state index contributed by atoms with van der Waals surface area (Å²) >= 11 is 6.15. The largest absolute Gasteiger partial charge is 0.493 e. The topological polar surface area (TPSA) is 129 Å². The number of hydrogen-bond donors (Lipinski definition) is 1. The molecular formula is C18H16ClN3O7. The number of hydrazone groups is 1. The highest BCUT2D eigenvalue weighted by Crippen LogP contribution is 2.36. The first-order valence-corrected chi connectivity index (χ1v) is 8.38. The van der Waals surface area contributed by atoms with Crippen molar-refractivity contribution < 1.29 is 28.7 Å². The van der Waals surface area contributed by atoms with Crippen LogP contribution in [0, 0.1) is 10.1 Å². The minimum atomic E-state index is -0.624. The summed E-state index contributed by atoms with van der Waals surface area (Å²) in [7, 11) is 2.62. The fourth-order valence-electron chi connectivity index (χ4n) is 2.14. The van der Waals surface area contributed by atoms with Crippen LogP contribution < -0.4 is 14.9 Å². The molecule has 29 heavy (non-hydrogen) atoms. The van der Waals surface area contributed by atoms with E-state index in [1.54, 1.807) is 0 Å². The number of carbonyl (C=O) groups is 2. The number of carbonyl (C=O) groups excluding carboxylic acids is 2. The first-order chi connectivity index (χ1) is 13.8. The van der Waals surface area contributed by atoms with Gasteiger partial charge in [-0.2, -0.15) is 5.10 Å². The Hall–Kier alpha value is -3.66. The molecule has 152 valence electrons. The lowest BCUT2D eigenvalue weighted by Gasteiger charge is -2.12.